The van der Waals surface area contributed by atoms with Gasteiger partial charge in [0.25, 0.3) is 5.91 Å². The summed E-state index contributed by atoms with van der Waals surface area (Å²) in [7, 11) is 0. The Hall–Kier alpha value is -2.37. The Balaban J connectivity index is 1.48. The number of benzene rings is 1. The van der Waals surface area contributed by atoms with Crippen molar-refractivity contribution in [2.24, 2.45) is 11.3 Å². The molecule has 2 aliphatic rings. The lowest BCUT2D eigenvalue weighted by Crippen LogP contribution is -2.45. The molecular formula is C25H37N3O3. The van der Waals surface area contributed by atoms with Crippen molar-refractivity contribution in [1.29, 1.82) is 0 Å². The molecule has 0 bridgehead atoms. The van der Waals surface area contributed by atoms with Crippen LogP contribution in [0.4, 0.5) is 5.69 Å². The van der Waals surface area contributed by atoms with Gasteiger partial charge < -0.3 is 15.5 Å². The second-order valence-corrected chi connectivity index (χ2v) is 10.0. The number of nitrogens with one attached hydrogen (secondary N) is 2. The highest BCUT2D eigenvalue weighted by atomic mass is 16.2. The molecule has 0 aromatic heterocycles. The number of piperidine rings is 1. The van der Waals surface area contributed by atoms with Gasteiger partial charge in [0.2, 0.25) is 11.8 Å². The number of amides is 3. The van der Waals surface area contributed by atoms with Crippen molar-refractivity contribution in [2.45, 2.75) is 78.2 Å². The van der Waals surface area contributed by atoms with E-state index in [0.717, 1.165) is 12.8 Å². The van der Waals surface area contributed by atoms with Crippen molar-refractivity contribution in [3.63, 3.8) is 0 Å². The molecule has 6 heteroatoms. The molecule has 0 atom stereocenters. The first kappa shape index (κ1) is 23.3. The molecule has 0 spiro atoms. The summed E-state index contributed by atoms with van der Waals surface area (Å²) in [6.07, 6.45) is 8.57. The summed E-state index contributed by atoms with van der Waals surface area (Å²) in [5.74, 6) is 0.0901. The zero-order chi connectivity index (χ0) is 22.4. The molecule has 31 heavy (non-hydrogen) atoms. The molecule has 1 saturated carbocycles. The zero-order valence-corrected chi connectivity index (χ0v) is 19.2. The Morgan fingerprint density at radius 1 is 0.871 bits per heavy atom. The lowest BCUT2D eigenvalue weighted by Gasteiger charge is -2.32. The topological polar surface area (TPSA) is 78.5 Å². The standard InChI is InChI=1S/C25H37N3O3/c1-25(2,3)24(31)27-21-12-10-19(11-13-21)23(30)28-16-14-18(15-17-28)22(29)26-20-8-6-4-5-7-9-20/h10-13,18,20H,4-9,14-17H2,1-3H3,(H,26,29)(H,27,31). The van der Waals surface area contributed by atoms with Crippen LogP contribution < -0.4 is 10.6 Å². The maximum Gasteiger partial charge on any atom is 0.253 e. The van der Waals surface area contributed by atoms with Crippen LogP contribution in [0.1, 0.15) is 82.5 Å². The molecule has 2 fully saturated rings. The molecule has 3 amide bonds. The van der Waals surface area contributed by atoms with Gasteiger partial charge in [-0.15, -0.1) is 0 Å². The molecule has 1 aromatic rings. The second kappa shape index (κ2) is 10.3. The van der Waals surface area contributed by atoms with Gasteiger partial charge in [-0.25, -0.2) is 0 Å². The van der Waals surface area contributed by atoms with Gasteiger partial charge in [-0.1, -0.05) is 46.5 Å². The van der Waals surface area contributed by atoms with Gasteiger partial charge in [-0.2, -0.15) is 0 Å². The van der Waals surface area contributed by atoms with Crippen LogP contribution >= 0.6 is 0 Å². The van der Waals surface area contributed by atoms with Gasteiger partial charge in [0, 0.05) is 41.7 Å². The largest absolute Gasteiger partial charge is 0.353 e. The molecule has 0 unspecified atom stereocenters. The normalized spacial score (nSPS) is 18.9. The highest BCUT2D eigenvalue weighted by Crippen LogP contribution is 2.23. The first-order chi connectivity index (χ1) is 14.7. The first-order valence-electron chi connectivity index (χ1n) is 11.8. The van der Waals surface area contributed by atoms with Gasteiger partial charge in [0.1, 0.15) is 0 Å². The van der Waals surface area contributed by atoms with Gasteiger partial charge in [0.15, 0.2) is 0 Å². The SMILES string of the molecule is CC(C)(C)C(=O)Nc1ccc(C(=O)N2CCC(C(=O)NC3CCCCCC3)CC2)cc1. The number of carbonyl (C=O) groups is 3. The van der Waals surface area contributed by atoms with E-state index >= 15 is 0 Å². The van der Waals surface area contributed by atoms with E-state index in [1.165, 1.54) is 25.7 Å². The Kier molecular flexibility index (Phi) is 7.74. The summed E-state index contributed by atoms with van der Waals surface area (Å²) in [6.45, 7) is 6.79. The maximum atomic E-state index is 12.9. The molecule has 1 aliphatic heterocycles. The number of rotatable bonds is 4. The molecule has 170 valence electrons. The first-order valence-corrected chi connectivity index (χ1v) is 11.8. The molecule has 1 aliphatic carbocycles. The number of hydrogen-bond donors (Lipinski definition) is 2. The molecule has 6 nitrogen and oxygen atoms in total. The Labute approximate surface area is 186 Å². The smallest absolute Gasteiger partial charge is 0.253 e. The van der Waals surface area contributed by atoms with E-state index in [-0.39, 0.29) is 23.6 Å². The zero-order valence-electron chi connectivity index (χ0n) is 19.2. The van der Waals surface area contributed by atoms with Crippen molar-refractivity contribution in [3.05, 3.63) is 29.8 Å². The van der Waals surface area contributed by atoms with Gasteiger partial charge in [-0.05, 0) is 49.9 Å². The quantitative estimate of drug-likeness (QED) is 0.701. The minimum Gasteiger partial charge on any atom is -0.353 e. The van der Waals surface area contributed by atoms with Crippen LogP contribution in [0.5, 0.6) is 0 Å². The number of nitrogens with zero attached hydrogens (tertiary/aromatic N) is 1. The van der Waals surface area contributed by atoms with E-state index in [4.69, 9.17) is 0 Å². The minimum atomic E-state index is -0.471. The highest BCUT2D eigenvalue weighted by molar-refractivity contribution is 5.97. The predicted molar refractivity (Wildman–Crippen MR) is 123 cm³/mol. The fourth-order valence-electron chi connectivity index (χ4n) is 4.28. The van der Waals surface area contributed by atoms with E-state index in [1.807, 2.05) is 25.7 Å². The van der Waals surface area contributed by atoms with Crippen LogP contribution in [0.2, 0.25) is 0 Å². The molecule has 1 heterocycles. The van der Waals surface area contributed by atoms with Crippen LogP contribution in [0.25, 0.3) is 0 Å². The highest BCUT2D eigenvalue weighted by Gasteiger charge is 2.29. The average Bonchev–Trinajstić information content (AvgIpc) is 3.02. The molecular weight excluding hydrogens is 390 g/mol. The molecule has 2 N–H and O–H groups in total. The van der Waals surface area contributed by atoms with Crippen LogP contribution in [-0.4, -0.2) is 41.8 Å². The van der Waals surface area contributed by atoms with Crippen LogP contribution in [-0.2, 0) is 9.59 Å². The fraction of sp³-hybridized carbons (Fsp3) is 0.640. The minimum absolute atomic E-state index is 0.00212. The third-order valence-electron chi connectivity index (χ3n) is 6.43. The Morgan fingerprint density at radius 3 is 2.00 bits per heavy atom. The number of anilines is 1. The van der Waals surface area contributed by atoms with E-state index in [1.54, 1.807) is 24.3 Å². The molecule has 0 radical (unpaired) electrons. The van der Waals surface area contributed by atoms with Crippen LogP contribution in [0, 0.1) is 11.3 Å². The van der Waals surface area contributed by atoms with E-state index in [2.05, 4.69) is 10.6 Å². The second-order valence-electron chi connectivity index (χ2n) is 10.0. The van der Waals surface area contributed by atoms with Crippen molar-refractivity contribution in [3.8, 4) is 0 Å². The monoisotopic (exact) mass is 427 g/mol. The van der Waals surface area contributed by atoms with E-state index < -0.39 is 5.41 Å². The number of likely N-dealkylation sites (tertiary alicyclic amines) is 1. The summed E-state index contributed by atoms with van der Waals surface area (Å²) in [4.78, 5) is 39.5. The van der Waals surface area contributed by atoms with Crippen LogP contribution in [0.3, 0.4) is 0 Å². The lowest BCUT2D eigenvalue weighted by molar-refractivity contribution is -0.127. The fourth-order valence-corrected chi connectivity index (χ4v) is 4.28. The van der Waals surface area contributed by atoms with Gasteiger partial charge in [0.05, 0.1) is 0 Å². The van der Waals surface area contributed by atoms with E-state index in [0.29, 0.717) is 43.2 Å². The summed E-state index contributed by atoms with van der Waals surface area (Å²) >= 11 is 0. The summed E-state index contributed by atoms with van der Waals surface area (Å²) in [6, 6.07) is 7.37. The van der Waals surface area contributed by atoms with E-state index in [9.17, 15) is 14.4 Å². The van der Waals surface area contributed by atoms with Crippen molar-refractivity contribution < 1.29 is 14.4 Å². The molecule has 3 rings (SSSR count). The van der Waals surface area contributed by atoms with Gasteiger partial charge in [-0.3, -0.25) is 14.4 Å². The summed E-state index contributed by atoms with van der Waals surface area (Å²) in [5, 5.41) is 6.13. The lowest BCUT2D eigenvalue weighted by atomic mass is 9.94. The Morgan fingerprint density at radius 2 is 1.45 bits per heavy atom. The van der Waals surface area contributed by atoms with Crippen LogP contribution in [0.15, 0.2) is 24.3 Å². The van der Waals surface area contributed by atoms with Gasteiger partial charge >= 0.3 is 0 Å². The molecule has 1 saturated heterocycles. The number of hydrogen-bond acceptors (Lipinski definition) is 3. The van der Waals surface area contributed by atoms with Crippen molar-refractivity contribution in [1.82, 2.24) is 10.2 Å². The maximum absolute atomic E-state index is 12.9. The van der Waals surface area contributed by atoms with Crippen molar-refractivity contribution >= 4 is 23.4 Å². The Bertz CT molecular complexity index is 766. The predicted octanol–water partition coefficient (Wildman–Crippen LogP) is 4.36. The summed E-state index contributed by atoms with van der Waals surface area (Å²) in [5.41, 5.74) is 0.821. The third kappa shape index (κ3) is 6.55. The average molecular weight is 428 g/mol. The van der Waals surface area contributed by atoms with Crippen molar-refractivity contribution in [2.75, 3.05) is 18.4 Å². The molecule has 1 aromatic carbocycles. The third-order valence-corrected chi connectivity index (χ3v) is 6.43. The number of carbonyl (C=O) groups excluding carboxylic acids is 3. The summed E-state index contributed by atoms with van der Waals surface area (Å²) < 4.78 is 0.